The third kappa shape index (κ3) is 1.49. The molecule has 0 fully saturated rings. The highest BCUT2D eigenvalue weighted by molar-refractivity contribution is 9.09. The van der Waals surface area contributed by atoms with Crippen molar-refractivity contribution in [3.8, 4) is 0 Å². The quantitative estimate of drug-likeness (QED) is 0.612. The maximum Gasteiger partial charge on any atom is 0.174 e. The van der Waals surface area contributed by atoms with Crippen LogP contribution < -0.4 is 0 Å². The summed E-state index contributed by atoms with van der Waals surface area (Å²) in [5, 5.41) is 4.23. The lowest BCUT2D eigenvalue weighted by molar-refractivity contribution is 0.102. The number of aromatic nitrogens is 2. The Morgan fingerprint density at radius 3 is 3.15 bits per heavy atom. The van der Waals surface area contributed by atoms with Gasteiger partial charge in [-0.25, -0.2) is 0 Å². The van der Waals surface area contributed by atoms with E-state index in [4.69, 9.17) is 0 Å². The van der Waals surface area contributed by atoms with Crippen LogP contribution >= 0.6 is 27.5 Å². The Balaban J connectivity index is 2.67. The lowest BCUT2D eigenvalue weighted by Crippen LogP contribution is -1.99. The molecule has 0 aliphatic heterocycles. The van der Waals surface area contributed by atoms with Crippen LogP contribution in [0.4, 0.5) is 0 Å². The van der Waals surface area contributed by atoms with Crippen molar-refractivity contribution in [2.45, 2.75) is 0 Å². The van der Waals surface area contributed by atoms with Gasteiger partial charge in [0.25, 0.3) is 0 Å². The van der Waals surface area contributed by atoms with Gasteiger partial charge < -0.3 is 0 Å². The molecule has 3 nitrogen and oxygen atoms in total. The molecule has 0 spiro atoms. The Kier molecular flexibility index (Phi) is 2.37. The summed E-state index contributed by atoms with van der Waals surface area (Å²) < 4.78 is 4.67. The predicted molar refractivity (Wildman–Crippen MR) is 55.5 cm³/mol. The van der Waals surface area contributed by atoms with E-state index in [-0.39, 0.29) is 5.78 Å². The van der Waals surface area contributed by atoms with Crippen LogP contribution in [-0.2, 0) is 0 Å². The molecule has 0 atom stereocenters. The average molecular weight is 257 g/mol. The fourth-order valence-electron chi connectivity index (χ4n) is 1.10. The summed E-state index contributed by atoms with van der Waals surface area (Å²) in [6, 6.07) is 5.47. The molecule has 0 saturated carbocycles. The number of hydrogen-bond donors (Lipinski definition) is 0. The number of rotatable bonds is 2. The molecule has 2 aromatic rings. The molecule has 1 aromatic heterocycles. The van der Waals surface area contributed by atoms with Crippen molar-refractivity contribution in [1.82, 2.24) is 9.59 Å². The number of halogens is 1. The van der Waals surface area contributed by atoms with E-state index < -0.39 is 0 Å². The third-order valence-electron chi connectivity index (χ3n) is 1.70. The Labute approximate surface area is 87.1 Å². The number of carbonyl (C=O) groups is 1. The van der Waals surface area contributed by atoms with E-state index in [2.05, 4.69) is 25.5 Å². The summed E-state index contributed by atoms with van der Waals surface area (Å²) in [4.78, 5) is 11.4. The molecule has 0 aliphatic carbocycles. The van der Waals surface area contributed by atoms with Crippen LogP contribution in [-0.4, -0.2) is 20.7 Å². The van der Waals surface area contributed by atoms with E-state index in [0.29, 0.717) is 10.9 Å². The second kappa shape index (κ2) is 3.51. The van der Waals surface area contributed by atoms with Gasteiger partial charge in [0.15, 0.2) is 5.78 Å². The molecule has 1 aromatic carbocycles. The Morgan fingerprint density at radius 2 is 2.38 bits per heavy atom. The summed E-state index contributed by atoms with van der Waals surface area (Å²) in [6.07, 6.45) is 0. The second-order valence-electron chi connectivity index (χ2n) is 2.48. The van der Waals surface area contributed by atoms with Crippen LogP contribution in [0.25, 0.3) is 10.2 Å². The Morgan fingerprint density at radius 1 is 1.54 bits per heavy atom. The molecule has 0 N–H and O–H groups in total. The molecule has 66 valence electrons. The molecule has 0 aliphatic rings. The Hall–Kier alpha value is -0.810. The lowest BCUT2D eigenvalue weighted by Gasteiger charge is -1.95. The lowest BCUT2D eigenvalue weighted by atomic mass is 10.1. The summed E-state index contributed by atoms with van der Waals surface area (Å²) in [6.45, 7) is 0. The molecule has 13 heavy (non-hydrogen) atoms. The molecular formula is C8H5BrN2OS. The first-order chi connectivity index (χ1) is 6.33. The van der Waals surface area contributed by atoms with Gasteiger partial charge in [0.2, 0.25) is 0 Å². The zero-order valence-electron chi connectivity index (χ0n) is 6.53. The molecule has 2 rings (SSSR count). The van der Waals surface area contributed by atoms with Crippen molar-refractivity contribution in [3.63, 3.8) is 0 Å². The van der Waals surface area contributed by atoms with Gasteiger partial charge in [-0.1, -0.05) is 26.5 Å². The van der Waals surface area contributed by atoms with Crippen molar-refractivity contribution in [3.05, 3.63) is 23.8 Å². The summed E-state index contributed by atoms with van der Waals surface area (Å²) in [5.74, 6) is 0.0663. The van der Waals surface area contributed by atoms with E-state index in [1.807, 2.05) is 12.1 Å². The zero-order chi connectivity index (χ0) is 9.26. The first kappa shape index (κ1) is 8.77. The highest BCUT2D eigenvalue weighted by Gasteiger charge is 2.10. The monoisotopic (exact) mass is 256 g/mol. The second-order valence-corrected chi connectivity index (χ2v) is 3.80. The molecular weight excluding hydrogens is 252 g/mol. The van der Waals surface area contributed by atoms with E-state index in [9.17, 15) is 4.79 Å². The molecule has 5 heteroatoms. The van der Waals surface area contributed by atoms with Gasteiger partial charge in [-0.3, -0.25) is 4.79 Å². The van der Waals surface area contributed by atoms with Crippen LogP contribution in [0.15, 0.2) is 18.2 Å². The molecule has 1 heterocycles. The SMILES string of the molecule is O=C(CBr)c1cccc2nnsc12. The highest BCUT2D eigenvalue weighted by Crippen LogP contribution is 2.20. The predicted octanol–water partition coefficient (Wildman–Crippen LogP) is 2.27. The first-order valence-electron chi connectivity index (χ1n) is 3.63. The van der Waals surface area contributed by atoms with Crippen LogP contribution in [0, 0.1) is 0 Å². The van der Waals surface area contributed by atoms with Gasteiger partial charge in [0.05, 0.1) is 10.0 Å². The van der Waals surface area contributed by atoms with Gasteiger partial charge in [-0.05, 0) is 23.7 Å². The molecule has 0 unspecified atom stereocenters. The van der Waals surface area contributed by atoms with E-state index in [1.165, 1.54) is 11.5 Å². The number of benzene rings is 1. The molecule has 0 saturated heterocycles. The average Bonchev–Trinajstić information content (AvgIpc) is 2.63. The third-order valence-corrected chi connectivity index (χ3v) is 2.98. The van der Waals surface area contributed by atoms with E-state index >= 15 is 0 Å². The number of hydrogen-bond acceptors (Lipinski definition) is 4. The van der Waals surface area contributed by atoms with Gasteiger partial charge in [-0.2, -0.15) is 0 Å². The van der Waals surface area contributed by atoms with Crippen molar-refractivity contribution in [2.24, 2.45) is 0 Å². The van der Waals surface area contributed by atoms with Crippen LogP contribution in [0.2, 0.25) is 0 Å². The highest BCUT2D eigenvalue weighted by atomic mass is 79.9. The number of Topliss-reactive ketones (excluding diaryl/α,β-unsaturated/α-hetero) is 1. The fourth-order valence-corrected chi connectivity index (χ4v) is 2.09. The van der Waals surface area contributed by atoms with E-state index in [1.54, 1.807) is 6.07 Å². The van der Waals surface area contributed by atoms with Gasteiger partial charge >= 0.3 is 0 Å². The van der Waals surface area contributed by atoms with Gasteiger partial charge in [-0.15, -0.1) is 5.10 Å². The van der Waals surface area contributed by atoms with Crippen LogP contribution in [0.5, 0.6) is 0 Å². The van der Waals surface area contributed by atoms with Crippen molar-refractivity contribution in [2.75, 3.05) is 5.33 Å². The minimum atomic E-state index is 0.0663. The van der Waals surface area contributed by atoms with Crippen molar-refractivity contribution in [1.29, 1.82) is 0 Å². The maximum atomic E-state index is 11.4. The number of carbonyl (C=O) groups excluding carboxylic acids is 1. The number of ketones is 1. The molecule has 0 radical (unpaired) electrons. The zero-order valence-corrected chi connectivity index (χ0v) is 8.93. The normalized spacial score (nSPS) is 10.5. The fraction of sp³-hybridized carbons (Fsp3) is 0.125. The maximum absolute atomic E-state index is 11.4. The van der Waals surface area contributed by atoms with Crippen LogP contribution in [0.3, 0.4) is 0 Å². The number of fused-ring (bicyclic) bond motifs is 1. The molecule has 0 bridgehead atoms. The van der Waals surface area contributed by atoms with E-state index in [0.717, 1.165) is 10.2 Å². The number of nitrogens with zero attached hydrogens (tertiary/aromatic N) is 2. The topological polar surface area (TPSA) is 42.9 Å². The molecule has 0 amide bonds. The Bertz CT molecular complexity index is 454. The van der Waals surface area contributed by atoms with Crippen molar-refractivity contribution < 1.29 is 4.79 Å². The first-order valence-corrected chi connectivity index (χ1v) is 5.52. The van der Waals surface area contributed by atoms with Gasteiger partial charge in [0.1, 0.15) is 5.52 Å². The summed E-state index contributed by atoms with van der Waals surface area (Å²) in [5.41, 5.74) is 1.49. The largest absolute Gasteiger partial charge is 0.293 e. The van der Waals surface area contributed by atoms with Crippen LogP contribution in [0.1, 0.15) is 10.4 Å². The smallest absolute Gasteiger partial charge is 0.174 e. The van der Waals surface area contributed by atoms with Crippen molar-refractivity contribution >= 4 is 43.5 Å². The standard InChI is InChI=1S/C8H5BrN2OS/c9-4-7(12)5-2-1-3-6-8(5)13-11-10-6/h1-3H,4H2. The summed E-state index contributed by atoms with van der Waals surface area (Å²) in [7, 11) is 0. The van der Waals surface area contributed by atoms with Gasteiger partial charge in [0, 0.05) is 5.56 Å². The summed E-state index contributed by atoms with van der Waals surface area (Å²) >= 11 is 4.39. The number of alkyl halides is 1. The minimum Gasteiger partial charge on any atom is -0.293 e. The minimum absolute atomic E-state index is 0.0663.